The summed E-state index contributed by atoms with van der Waals surface area (Å²) in [7, 11) is 0. The predicted octanol–water partition coefficient (Wildman–Crippen LogP) is 3.89. The van der Waals surface area contributed by atoms with Crippen molar-refractivity contribution in [3.63, 3.8) is 0 Å². The lowest BCUT2D eigenvalue weighted by atomic mass is 10.3. The van der Waals surface area contributed by atoms with Crippen LogP contribution in [0.1, 0.15) is 20.3 Å². The molecule has 2 aromatic carbocycles. The molecule has 0 aliphatic heterocycles. The Balaban J connectivity index is 1.87. The molecule has 2 rings (SSSR count). The summed E-state index contributed by atoms with van der Waals surface area (Å²) in [6.45, 7) is 5.11. The van der Waals surface area contributed by atoms with Crippen molar-refractivity contribution in [1.29, 1.82) is 0 Å². The highest BCUT2D eigenvalue weighted by molar-refractivity contribution is 5.93. The van der Waals surface area contributed by atoms with Crippen LogP contribution in [0.2, 0.25) is 0 Å². The SMILES string of the molecule is CCCOc1ccccc1NC(=O)COc1ccc(OCC)cc1. The number of rotatable bonds is 9. The minimum Gasteiger partial charge on any atom is -0.494 e. The Hall–Kier alpha value is -2.69. The maximum Gasteiger partial charge on any atom is 0.262 e. The van der Waals surface area contributed by atoms with E-state index in [1.807, 2.05) is 44.2 Å². The van der Waals surface area contributed by atoms with E-state index in [0.29, 0.717) is 30.4 Å². The van der Waals surface area contributed by atoms with Crippen LogP contribution in [0.15, 0.2) is 48.5 Å². The summed E-state index contributed by atoms with van der Waals surface area (Å²) in [4.78, 5) is 12.1. The van der Waals surface area contributed by atoms with Crippen molar-refractivity contribution < 1.29 is 19.0 Å². The van der Waals surface area contributed by atoms with Gasteiger partial charge < -0.3 is 19.5 Å². The van der Waals surface area contributed by atoms with Crippen molar-refractivity contribution in [2.45, 2.75) is 20.3 Å². The lowest BCUT2D eigenvalue weighted by molar-refractivity contribution is -0.118. The number of benzene rings is 2. The second-order valence-corrected chi connectivity index (χ2v) is 5.09. The van der Waals surface area contributed by atoms with Gasteiger partial charge in [-0.15, -0.1) is 0 Å². The van der Waals surface area contributed by atoms with Crippen molar-refractivity contribution in [3.05, 3.63) is 48.5 Å². The van der Waals surface area contributed by atoms with E-state index >= 15 is 0 Å². The first kappa shape index (κ1) is 17.7. The van der Waals surface area contributed by atoms with Gasteiger partial charge in [0, 0.05) is 0 Å². The minimum atomic E-state index is -0.239. The fourth-order valence-corrected chi connectivity index (χ4v) is 2.04. The molecule has 0 aliphatic carbocycles. The number of para-hydroxylation sites is 2. The number of anilines is 1. The maximum absolute atomic E-state index is 12.1. The molecule has 0 aliphatic rings. The molecule has 0 atom stereocenters. The molecular weight excluding hydrogens is 306 g/mol. The quantitative estimate of drug-likeness (QED) is 0.758. The molecule has 0 spiro atoms. The Bertz CT molecular complexity index is 640. The molecule has 0 unspecified atom stereocenters. The van der Waals surface area contributed by atoms with Gasteiger partial charge in [-0.3, -0.25) is 4.79 Å². The van der Waals surface area contributed by atoms with Crippen LogP contribution in [0.4, 0.5) is 5.69 Å². The third-order valence-corrected chi connectivity index (χ3v) is 3.13. The van der Waals surface area contributed by atoms with Crippen molar-refractivity contribution >= 4 is 11.6 Å². The normalized spacial score (nSPS) is 10.1. The first-order valence-corrected chi connectivity index (χ1v) is 8.10. The third-order valence-electron chi connectivity index (χ3n) is 3.13. The number of ether oxygens (including phenoxy) is 3. The van der Waals surface area contributed by atoms with E-state index in [9.17, 15) is 4.79 Å². The second kappa shape index (κ2) is 9.45. The number of hydrogen-bond acceptors (Lipinski definition) is 4. The molecule has 128 valence electrons. The average Bonchev–Trinajstić information content (AvgIpc) is 2.61. The molecule has 0 saturated heterocycles. The topological polar surface area (TPSA) is 56.8 Å². The highest BCUT2D eigenvalue weighted by Gasteiger charge is 2.08. The third kappa shape index (κ3) is 5.50. The second-order valence-electron chi connectivity index (χ2n) is 5.09. The van der Waals surface area contributed by atoms with Crippen molar-refractivity contribution in [1.82, 2.24) is 0 Å². The number of hydrogen-bond donors (Lipinski definition) is 1. The van der Waals surface area contributed by atoms with Gasteiger partial charge >= 0.3 is 0 Å². The zero-order valence-corrected chi connectivity index (χ0v) is 14.1. The Morgan fingerprint density at radius 2 is 1.58 bits per heavy atom. The van der Waals surface area contributed by atoms with E-state index in [1.165, 1.54) is 0 Å². The molecular formula is C19H23NO4. The molecule has 0 fully saturated rings. The Morgan fingerprint density at radius 1 is 0.917 bits per heavy atom. The summed E-state index contributed by atoms with van der Waals surface area (Å²) in [6.07, 6.45) is 0.906. The van der Waals surface area contributed by atoms with Gasteiger partial charge in [0.25, 0.3) is 5.91 Å². The highest BCUT2D eigenvalue weighted by atomic mass is 16.5. The van der Waals surface area contributed by atoms with E-state index in [2.05, 4.69) is 5.32 Å². The summed E-state index contributed by atoms with van der Waals surface area (Å²) in [5.74, 6) is 1.81. The zero-order chi connectivity index (χ0) is 17.2. The number of carbonyl (C=O) groups excluding carboxylic acids is 1. The molecule has 0 radical (unpaired) electrons. The van der Waals surface area contributed by atoms with E-state index < -0.39 is 0 Å². The van der Waals surface area contributed by atoms with Gasteiger partial charge in [-0.25, -0.2) is 0 Å². The fraction of sp³-hybridized carbons (Fsp3) is 0.316. The maximum atomic E-state index is 12.1. The lowest BCUT2D eigenvalue weighted by Gasteiger charge is -2.12. The van der Waals surface area contributed by atoms with Crippen molar-refractivity contribution in [2.24, 2.45) is 0 Å². The van der Waals surface area contributed by atoms with Gasteiger partial charge in [-0.05, 0) is 49.7 Å². The molecule has 5 nitrogen and oxygen atoms in total. The molecule has 5 heteroatoms. The predicted molar refractivity (Wildman–Crippen MR) is 94.0 cm³/mol. The summed E-state index contributed by atoms with van der Waals surface area (Å²) < 4.78 is 16.5. The summed E-state index contributed by atoms with van der Waals surface area (Å²) >= 11 is 0. The standard InChI is InChI=1S/C19H23NO4/c1-3-13-23-18-8-6-5-7-17(18)20-19(21)14-24-16-11-9-15(10-12-16)22-4-2/h5-12H,3-4,13-14H2,1-2H3,(H,20,21). The lowest BCUT2D eigenvalue weighted by Crippen LogP contribution is -2.20. The minimum absolute atomic E-state index is 0.0733. The van der Waals surface area contributed by atoms with Crippen molar-refractivity contribution in [2.75, 3.05) is 25.1 Å². The van der Waals surface area contributed by atoms with Crippen LogP contribution >= 0.6 is 0 Å². The Kier molecular flexibility index (Phi) is 6.95. The number of carbonyl (C=O) groups is 1. The smallest absolute Gasteiger partial charge is 0.262 e. The Morgan fingerprint density at radius 3 is 2.25 bits per heavy atom. The first-order chi connectivity index (χ1) is 11.7. The van der Waals surface area contributed by atoms with E-state index in [1.54, 1.807) is 18.2 Å². The van der Waals surface area contributed by atoms with Crippen molar-refractivity contribution in [3.8, 4) is 17.2 Å². The van der Waals surface area contributed by atoms with Crippen LogP contribution in [0.3, 0.4) is 0 Å². The molecule has 0 saturated carbocycles. The molecule has 2 aromatic rings. The molecule has 0 aromatic heterocycles. The van der Waals surface area contributed by atoms with E-state index in [-0.39, 0.29) is 12.5 Å². The summed E-state index contributed by atoms with van der Waals surface area (Å²) in [5, 5.41) is 2.81. The largest absolute Gasteiger partial charge is 0.494 e. The van der Waals surface area contributed by atoms with Gasteiger partial charge in [0.05, 0.1) is 18.9 Å². The summed E-state index contributed by atoms with van der Waals surface area (Å²) in [5.41, 5.74) is 0.645. The van der Waals surface area contributed by atoms with Gasteiger partial charge in [0.15, 0.2) is 6.61 Å². The number of amides is 1. The van der Waals surface area contributed by atoms with Gasteiger partial charge in [-0.1, -0.05) is 19.1 Å². The average molecular weight is 329 g/mol. The molecule has 1 amide bonds. The van der Waals surface area contributed by atoms with Gasteiger partial charge in [0.2, 0.25) is 0 Å². The Labute approximate surface area is 142 Å². The number of nitrogens with one attached hydrogen (secondary N) is 1. The van der Waals surface area contributed by atoms with Crippen LogP contribution in [0, 0.1) is 0 Å². The molecule has 24 heavy (non-hydrogen) atoms. The van der Waals surface area contributed by atoms with E-state index in [0.717, 1.165) is 12.2 Å². The van der Waals surface area contributed by atoms with Crippen LogP contribution in [0.5, 0.6) is 17.2 Å². The monoisotopic (exact) mass is 329 g/mol. The van der Waals surface area contributed by atoms with Gasteiger partial charge in [-0.2, -0.15) is 0 Å². The van der Waals surface area contributed by atoms with Crippen LogP contribution in [0.25, 0.3) is 0 Å². The van der Waals surface area contributed by atoms with Crippen LogP contribution < -0.4 is 19.5 Å². The molecule has 0 bridgehead atoms. The van der Waals surface area contributed by atoms with Crippen LogP contribution in [-0.4, -0.2) is 25.7 Å². The first-order valence-electron chi connectivity index (χ1n) is 8.10. The molecule has 0 heterocycles. The summed E-state index contributed by atoms with van der Waals surface area (Å²) in [6, 6.07) is 14.5. The van der Waals surface area contributed by atoms with E-state index in [4.69, 9.17) is 14.2 Å². The van der Waals surface area contributed by atoms with Gasteiger partial charge in [0.1, 0.15) is 17.2 Å². The zero-order valence-electron chi connectivity index (χ0n) is 14.1. The molecule has 1 N–H and O–H groups in total. The fourth-order valence-electron chi connectivity index (χ4n) is 2.04. The highest BCUT2D eigenvalue weighted by Crippen LogP contribution is 2.24. The van der Waals surface area contributed by atoms with Crippen LogP contribution in [-0.2, 0) is 4.79 Å².